The zero-order valence-electron chi connectivity index (χ0n) is 9.45. The molecule has 0 radical (unpaired) electrons. The van der Waals surface area contributed by atoms with Crippen LogP contribution >= 0.6 is 23.4 Å². The summed E-state index contributed by atoms with van der Waals surface area (Å²) in [5.41, 5.74) is 0.717. The third kappa shape index (κ3) is 2.23. The number of nitrogens with zero attached hydrogens (tertiary/aromatic N) is 4. The van der Waals surface area contributed by atoms with E-state index in [-0.39, 0.29) is 6.61 Å². The van der Waals surface area contributed by atoms with Gasteiger partial charge in [-0.2, -0.15) is 0 Å². The third-order valence-electron chi connectivity index (χ3n) is 2.79. The minimum Gasteiger partial charge on any atom is -0.392 e. The first-order valence-corrected chi connectivity index (χ1v) is 6.83. The number of aromatic nitrogens is 4. The van der Waals surface area contributed by atoms with Crippen molar-refractivity contribution < 1.29 is 5.11 Å². The zero-order chi connectivity index (χ0) is 12.5. The first-order valence-electron chi connectivity index (χ1n) is 5.63. The summed E-state index contributed by atoms with van der Waals surface area (Å²) >= 11 is 7.49. The molecule has 2 aromatic rings. The highest BCUT2D eigenvalue weighted by molar-refractivity contribution is 7.99. The largest absolute Gasteiger partial charge is 0.392 e. The highest BCUT2D eigenvalue weighted by atomic mass is 35.5. The molecule has 1 N–H and O–H groups in total. The predicted molar refractivity (Wildman–Crippen MR) is 67.6 cm³/mol. The number of rotatable bonds is 4. The number of aliphatic hydroxyl groups excluding tert-OH is 1. The van der Waals surface area contributed by atoms with Crippen LogP contribution in [0.4, 0.5) is 0 Å². The summed E-state index contributed by atoms with van der Waals surface area (Å²) in [6.45, 7) is -0.0903. The van der Waals surface area contributed by atoms with Gasteiger partial charge in [0.2, 0.25) is 5.16 Å². The first-order chi connectivity index (χ1) is 8.79. The summed E-state index contributed by atoms with van der Waals surface area (Å²) in [6, 6.07) is 5.96. The van der Waals surface area contributed by atoms with Crippen molar-refractivity contribution in [2.45, 2.75) is 35.5 Å². The smallest absolute Gasteiger partial charge is 0.214 e. The molecular formula is C11H11ClN4OS. The van der Waals surface area contributed by atoms with E-state index in [2.05, 4.69) is 15.5 Å². The fraction of sp³-hybridized carbons (Fsp3) is 0.364. The molecule has 0 unspecified atom stereocenters. The van der Waals surface area contributed by atoms with E-state index in [9.17, 15) is 5.11 Å². The topological polar surface area (TPSA) is 63.8 Å². The van der Waals surface area contributed by atoms with Crippen LogP contribution < -0.4 is 0 Å². The van der Waals surface area contributed by atoms with E-state index in [0.29, 0.717) is 11.1 Å². The summed E-state index contributed by atoms with van der Waals surface area (Å²) in [4.78, 5) is 0.890. The molecule has 0 saturated heterocycles. The van der Waals surface area contributed by atoms with Gasteiger partial charge in [-0.05, 0) is 47.2 Å². The Hall–Kier alpha value is -1.11. The van der Waals surface area contributed by atoms with Gasteiger partial charge in [-0.3, -0.25) is 0 Å². The molecule has 1 aromatic heterocycles. The molecule has 1 aromatic carbocycles. The molecule has 1 aliphatic rings. The van der Waals surface area contributed by atoms with Gasteiger partial charge in [0.05, 0.1) is 12.6 Å². The molecule has 0 amide bonds. The Bertz CT molecular complexity index is 570. The van der Waals surface area contributed by atoms with Crippen LogP contribution in [0.15, 0.2) is 28.3 Å². The minimum absolute atomic E-state index is 0.0903. The summed E-state index contributed by atoms with van der Waals surface area (Å²) in [7, 11) is 0. The van der Waals surface area contributed by atoms with Crippen molar-refractivity contribution in [3.63, 3.8) is 0 Å². The molecule has 7 heteroatoms. The maximum atomic E-state index is 9.36. The quantitative estimate of drug-likeness (QED) is 0.932. The Labute approximate surface area is 113 Å². The lowest BCUT2D eigenvalue weighted by Crippen LogP contribution is -1.99. The molecule has 1 saturated carbocycles. The Morgan fingerprint density at radius 3 is 3.00 bits per heavy atom. The number of halogens is 1. The normalized spacial score (nSPS) is 15.0. The van der Waals surface area contributed by atoms with Gasteiger partial charge >= 0.3 is 0 Å². The molecule has 5 nitrogen and oxygen atoms in total. The second kappa shape index (κ2) is 4.87. The second-order valence-corrected chi connectivity index (χ2v) is 5.53. The number of aliphatic hydroxyl groups is 1. The molecule has 1 heterocycles. The van der Waals surface area contributed by atoms with Crippen LogP contribution in [0.5, 0.6) is 0 Å². The van der Waals surface area contributed by atoms with Gasteiger partial charge in [0.1, 0.15) is 0 Å². The van der Waals surface area contributed by atoms with Crippen LogP contribution in [-0.2, 0) is 6.61 Å². The molecular weight excluding hydrogens is 272 g/mol. The SMILES string of the molecule is OCc1c(Cl)cccc1Sc1nnnn1C1CC1. The zero-order valence-corrected chi connectivity index (χ0v) is 11.0. The van der Waals surface area contributed by atoms with E-state index >= 15 is 0 Å². The number of benzene rings is 1. The average molecular weight is 283 g/mol. The van der Waals surface area contributed by atoms with Crippen molar-refractivity contribution in [3.8, 4) is 0 Å². The van der Waals surface area contributed by atoms with Crippen molar-refractivity contribution >= 4 is 23.4 Å². The maximum Gasteiger partial charge on any atom is 0.214 e. The molecule has 18 heavy (non-hydrogen) atoms. The van der Waals surface area contributed by atoms with E-state index in [1.807, 2.05) is 16.8 Å². The Balaban J connectivity index is 1.92. The number of tetrazole rings is 1. The van der Waals surface area contributed by atoms with E-state index in [1.54, 1.807) is 6.07 Å². The van der Waals surface area contributed by atoms with Gasteiger partial charge in [-0.15, -0.1) is 5.10 Å². The highest BCUT2D eigenvalue weighted by Gasteiger charge is 2.28. The van der Waals surface area contributed by atoms with Crippen LogP contribution in [0.25, 0.3) is 0 Å². The molecule has 0 aliphatic heterocycles. The Morgan fingerprint density at radius 2 is 2.28 bits per heavy atom. The average Bonchev–Trinajstić information content (AvgIpc) is 3.11. The third-order valence-corrected chi connectivity index (χ3v) is 4.20. The lowest BCUT2D eigenvalue weighted by molar-refractivity contribution is 0.279. The Kier molecular flexibility index (Phi) is 3.23. The van der Waals surface area contributed by atoms with E-state index in [4.69, 9.17) is 11.6 Å². The molecule has 3 rings (SSSR count). The van der Waals surface area contributed by atoms with Gasteiger partial charge < -0.3 is 5.11 Å². The molecule has 0 spiro atoms. The van der Waals surface area contributed by atoms with Crippen molar-refractivity contribution in [3.05, 3.63) is 28.8 Å². The standard InChI is InChI=1S/C11H11ClN4OS/c12-9-2-1-3-10(8(9)6-17)18-11-13-14-15-16(11)7-4-5-7/h1-3,7,17H,4-6H2. The molecule has 0 atom stereocenters. The van der Waals surface area contributed by atoms with Gasteiger partial charge in [0, 0.05) is 15.5 Å². The fourth-order valence-electron chi connectivity index (χ4n) is 1.69. The Morgan fingerprint density at radius 1 is 1.44 bits per heavy atom. The van der Waals surface area contributed by atoms with Crippen molar-refractivity contribution in [2.24, 2.45) is 0 Å². The van der Waals surface area contributed by atoms with E-state index < -0.39 is 0 Å². The van der Waals surface area contributed by atoms with Gasteiger partial charge in [-0.25, -0.2) is 4.68 Å². The van der Waals surface area contributed by atoms with Crippen molar-refractivity contribution in [1.82, 2.24) is 20.2 Å². The lowest BCUT2D eigenvalue weighted by atomic mass is 10.2. The summed E-state index contributed by atoms with van der Waals surface area (Å²) in [5, 5.41) is 22.4. The van der Waals surface area contributed by atoms with Crippen LogP contribution in [-0.4, -0.2) is 25.3 Å². The van der Waals surface area contributed by atoms with E-state index in [0.717, 1.165) is 28.5 Å². The molecule has 94 valence electrons. The monoisotopic (exact) mass is 282 g/mol. The molecule has 1 fully saturated rings. The van der Waals surface area contributed by atoms with Gasteiger partial charge in [-0.1, -0.05) is 17.7 Å². The second-order valence-electron chi connectivity index (χ2n) is 4.11. The van der Waals surface area contributed by atoms with Crippen LogP contribution in [0.3, 0.4) is 0 Å². The maximum absolute atomic E-state index is 9.36. The summed E-state index contributed by atoms with van der Waals surface area (Å²) in [6.07, 6.45) is 2.25. The molecule has 1 aliphatic carbocycles. The number of hydrogen-bond donors (Lipinski definition) is 1. The van der Waals surface area contributed by atoms with Crippen molar-refractivity contribution in [2.75, 3.05) is 0 Å². The predicted octanol–water partition coefficient (Wildman–Crippen LogP) is 2.30. The van der Waals surface area contributed by atoms with Crippen LogP contribution in [0.1, 0.15) is 24.4 Å². The minimum atomic E-state index is -0.0903. The van der Waals surface area contributed by atoms with E-state index in [1.165, 1.54) is 11.8 Å². The number of hydrogen-bond acceptors (Lipinski definition) is 5. The van der Waals surface area contributed by atoms with Crippen LogP contribution in [0.2, 0.25) is 5.02 Å². The first kappa shape index (κ1) is 12.0. The summed E-state index contributed by atoms with van der Waals surface area (Å²) < 4.78 is 1.84. The fourth-order valence-corrected chi connectivity index (χ4v) is 2.98. The van der Waals surface area contributed by atoms with Gasteiger partial charge in [0.15, 0.2) is 0 Å². The van der Waals surface area contributed by atoms with Gasteiger partial charge in [0.25, 0.3) is 0 Å². The summed E-state index contributed by atoms with van der Waals surface area (Å²) in [5.74, 6) is 0. The van der Waals surface area contributed by atoms with Crippen LogP contribution in [0, 0.1) is 0 Å². The molecule has 0 bridgehead atoms. The lowest BCUT2D eigenvalue weighted by Gasteiger charge is -2.08. The van der Waals surface area contributed by atoms with Crippen molar-refractivity contribution in [1.29, 1.82) is 0 Å². The highest BCUT2D eigenvalue weighted by Crippen LogP contribution is 2.39.